The van der Waals surface area contributed by atoms with Crippen LogP contribution in [0.25, 0.3) is 0 Å². The molecule has 4 nitrogen and oxygen atoms in total. The summed E-state index contributed by atoms with van der Waals surface area (Å²) in [5.41, 5.74) is 0. The lowest BCUT2D eigenvalue weighted by atomic mass is 10.2. The van der Waals surface area contributed by atoms with Gasteiger partial charge in [0, 0.05) is 12.6 Å². The van der Waals surface area contributed by atoms with Crippen LogP contribution >= 0.6 is 0 Å². The molecule has 0 saturated carbocycles. The topological polar surface area (TPSA) is 39.7 Å². The zero-order valence-electron chi connectivity index (χ0n) is 12.4. The molecule has 1 aliphatic rings. The fraction of sp³-hybridized carbons (Fsp3) is 0.625. The Morgan fingerprint density at radius 2 is 1.90 bits per heavy atom. The third kappa shape index (κ3) is 4.69. The van der Waals surface area contributed by atoms with Crippen LogP contribution in [0.3, 0.4) is 0 Å². The minimum absolute atomic E-state index is 0.203. The third-order valence-corrected chi connectivity index (χ3v) is 3.37. The molecule has 1 aromatic carbocycles. The van der Waals surface area contributed by atoms with Crippen LogP contribution in [-0.2, 0) is 4.74 Å². The summed E-state index contributed by atoms with van der Waals surface area (Å²) < 4.78 is 17.2. The van der Waals surface area contributed by atoms with E-state index in [1.54, 1.807) is 0 Å². The van der Waals surface area contributed by atoms with Crippen LogP contribution in [-0.4, -0.2) is 38.5 Å². The summed E-state index contributed by atoms with van der Waals surface area (Å²) in [5.74, 6) is 1.69. The van der Waals surface area contributed by atoms with Gasteiger partial charge >= 0.3 is 0 Å². The van der Waals surface area contributed by atoms with Crippen molar-refractivity contribution < 1.29 is 14.2 Å². The van der Waals surface area contributed by atoms with Crippen LogP contribution in [0.5, 0.6) is 11.5 Å². The van der Waals surface area contributed by atoms with Crippen molar-refractivity contribution in [2.45, 2.75) is 38.9 Å². The minimum atomic E-state index is 0.203. The summed E-state index contributed by atoms with van der Waals surface area (Å²) in [6.45, 7) is 7.29. The summed E-state index contributed by atoms with van der Waals surface area (Å²) >= 11 is 0. The highest BCUT2D eigenvalue weighted by Crippen LogP contribution is 2.23. The van der Waals surface area contributed by atoms with E-state index in [1.807, 2.05) is 31.2 Å². The molecule has 2 atom stereocenters. The second-order valence-electron chi connectivity index (χ2n) is 4.98. The molecule has 0 aromatic heterocycles. The Balaban J connectivity index is 1.74. The molecule has 2 unspecified atom stereocenters. The van der Waals surface area contributed by atoms with E-state index < -0.39 is 0 Å². The van der Waals surface area contributed by atoms with Gasteiger partial charge in [0.1, 0.15) is 18.1 Å². The van der Waals surface area contributed by atoms with Gasteiger partial charge in [-0.05, 0) is 38.4 Å². The number of nitrogens with one attached hydrogen (secondary N) is 1. The molecular weight excluding hydrogens is 254 g/mol. The van der Waals surface area contributed by atoms with Crippen molar-refractivity contribution in [3.63, 3.8) is 0 Å². The van der Waals surface area contributed by atoms with Crippen LogP contribution in [0.2, 0.25) is 0 Å². The Morgan fingerprint density at radius 1 is 1.15 bits per heavy atom. The quantitative estimate of drug-likeness (QED) is 0.794. The maximum absolute atomic E-state index is 5.94. The van der Waals surface area contributed by atoms with Gasteiger partial charge in [0.15, 0.2) is 0 Å². The largest absolute Gasteiger partial charge is 0.494 e. The van der Waals surface area contributed by atoms with Crippen LogP contribution in [0, 0.1) is 0 Å². The maximum atomic E-state index is 5.94. The van der Waals surface area contributed by atoms with Gasteiger partial charge in [0.2, 0.25) is 0 Å². The molecule has 2 rings (SSSR count). The maximum Gasteiger partial charge on any atom is 0.123 e. The van der Waals surface area contributed by atoms with Gasteiger partial charge in [0.05, 0.1) is 18.8 Å². The standard InChI is InChI=1S/C16H25NO3/c1-3-17-11-15-8-9-16(20-15)12-19-14-7-5-6-13(10-14)18-4-2/h5-7,10,15-17H,3-4,8-9,11-12H2,1-2H3. The molecular formula is C16H25NO3. The van der Waals surface area contributed by atoms with Crippen LogP contribution in [0.1, 0.15) is 26.7 Å². The Labute approximate surface area is 121 Å². The molecule has 1 aliphatic heterocycles. The molecule has 4 heteroatoms. The van der Waals surface area contributed by atoms with Crippen molar-refractivity contribution in [1.29, 1.82) is 0 Å². The van der Waals surface area contributed by atoms with Crippen molar-refractivity contribution in [3.8, 4) is 11.5 Å². The number of hydrogen-bond donors (Lipinski definition) is 1. The van der Waals surface area contributed by atoms with E-state index in [9.17, 15) is 0 Å². The highest BCUT2D eigenvalue weighted by Gasteiger charge is 2.25. The Bertz CT molecular complexity index is 397. The Hall–Kier alpha value is -1.26. The van der Waals surface area contributed by atoms with Crippen molar-refractivity contribution in [3.05, 3.63) is 24.3 Å². The summed E-state index contributed by atoms with van der Waals surface area (Å²) in [7, 11) is 0. The summed E-state index contributed by atoms with van der Waals surface area (Å²) in [4.78, 5) is 0. The molecule has 1 N–H and O–H groups in total. The van der Waals surface area contributed by atoms with E-state index >= 15 is 0 Å². The van der Waals surface area contributed by atoms with E-state index in [1.165, 1.54) is 0 Å². The molecule has 1 heterocycles. The SMILES string of the molecule is CCNCC1CCC(COc2cccc(OCC)c2)O1. The van der Waals surface area contributed by atoms with Crippen molar-refractivity contribution in [1.82, 2.24) is 5.32 Å². The number of benzene rings is 1. The lowest BCUT2D eigenvalue weighted by molar-refractivity contribution is 0.0187. The zero-order valence-corrected chi connectivity index (χ0v) is 12.4. The lowest BCUT2D eigenvalue weighted by Gasteiger charge is -2.15. The normalized spacial score (nSPS) is 21.9. The minimum Gasteiger partial charge on any atom is -0.494 e. The van der Waals surface area contributed by atoms with Gasteiger partial charge in [-0.3, -0.25) is 0 Å². The average molecular weight is 279 g/mol. The number of likely N-dealkylation sites (N-methyl/N-ethyl adjacent to an activating group) is 1. The zero-order chi connectivity index (χ0) is 14.2. The first-order chi connectivity index (χ1) is 9.81. The van der Waals surface area contributed by atoms with Gasteiger partial charge in [0.25, 0.3) is 0 Å². The molecule has 1 saturated heterocycles. The van der Waals surface area contributed by atoms with Gasteiger partial charge in [-0.15, -0.1) is 0 Å². The fourth-order valence-electron chi connectivity index (χ4n) is 2.37. The van der Waals surface area contributed by atoms with Crippen molar-refractivity contribution >= 4 is 0 Å². The predicted molar refractivity (Wildman–Crippen MR) is 79.5 cm³/mol. The summed E-state index contributed by atoms with van der Waals surface area (Å²) in [5, 5.41) is 3.32. The first-order valence-corrected chi connectivity index (χ1v) is 7.53. The molecule has 1 aromatic rings. The second-order valence-corrected chi connectivity index (χ2v) is 4.98. The van der Waals surface area contributed by atoms with Crippen molar-refractivity contribution in [2.75, 3.05) is 26.3 Å². The number of hydrogen-bond acceptors (Lipinski definition) is 4. The average Bonchev–Trinajstić information content (AvgIpc) is 2.92. The Kier molecular flexibility index (Phi) is 6.15. The van der Waals surface area contributed by atoms with E-state index in [4.69, 9.17) is 14.2 Å². The highest BCUT2D eigenvalue weighted by atomic mass is 16.5. The fourth-order valence-corrected chi connectivity index (χ4v) is 2.37. The van der Waals surface area contributed by atoms with E-state index in [0.29, 0.717) is 19.3 Å². The Morgan fingerprint density at radius 3 is 2.65 bits per heavy atom. The van der Waals surface area contributed by atoms with Crippen molar-refractivity contribution in [2.24, 2.45) is 0 Å². The molecule has 0 spiro atoms. The highest BCUT2D eigenvalue weighted by molar-refractivity contribution is 5.32. The first kappa shape index (κ1) is 15.1. The molecule has 0 amide bonds. The summed E-state index contributed by atoms with van der Waals surface area (Å²) in [6, 6.07) is 7.76. The smallest absolute Gasteiger partial charge is 0.123 e. The van der Waals surface area contributed by atoms with Gasteiger partial charge < -0.3 is 19.5 Å². The monoisotopic (exact) mass is 279 g/mol. The van der Waals surface area contributed by atoms with Gasteiger partial charge in [-0.2, -0.15) is 0 Å². The summed E-state index contributed by atoms with van der Waals surface area (Å²) in [6.07, 6.45) is 2.72. The predicted octanol–water partition coefficient (Wildman–Crippen LogP) is 2.62. The van der Waals surface area contributed by atoms with Crippen LogP contribution in [0.4, 0.5) is 0 Å². The second kappa shape index (κ2) is 8.12. The molecule has 0 radical (unpaired) electrons. The van der Waals surface area contributed by atoms with E-state index in [0.717, 1.165) is 37.4 Å². The van der Waals surface area contributed by atoms with Crippen LogP contribution < -0.4 is 14.8 Å². The van der Waals surface area contributed by atoms with Crippen LogP contribution in [0.15, 0.2) is 24.3 Å². The number of rotatable bonds is 8. The van der Waals surface area contributed by atoms with E-state index in [-0.39, 0.29) is 6.10 Å². The first-order valence-electron chi connectivity index (χ1n) is 7.53. The van der Waals surface area contributed by atoms with Gasteiger partial charge in [-0.1, -0.05) is 13.0 Å². The lowest BCUT2D eigenvalue weighted by Crippen LogP contribution is -2.28. The molecule has 112 valence electrons. The molecule has 20 heavy (non-hydrogen) atoms. The molecule has 1 fully saturated rings. The molecule has 0 bridgehead atoms. The number of ether oxygens (including phenoxy) is 3. The van der Waals surface area contributed by atoms with E-state index in [2.05, 4.69) is 12.2 Å². The third-order valence-electron chi connectivity index (χ3n) is 3.37. The van der Waals surface area contributed by atoms with Gasteiger partial charge in [-0.25, -0.2) is 0 Å². The molecule has 0 aliphatic carbocycles.